The van der Waals surface area contributed by atoms with Crippen LogP contribution in [0.4, 0.5) is 10.5 Å². The van der Waals surface area contributed by atoms with E-state index in [1.54, 1.807) is 4.68 Å². The second-order valence-electron chi connectivity index (χ2n) is 6.17. The topological polar surface area (TPSA) is 125 Å². The molecule has 0 atom stereocenters. The molecule has 9 heteroatoms. The molecule has 140 valence electrons. The van der Waals surface area contributed by atoms with Crippen LogP contribution < -0.4 is 15.7 Å². The lowest BCUT2D eigenvalue weighted by Crippen LogP contribution is -2.37. The first-order valence-corrected chi connectivity index (χ1v) is 8.53. The van der Waals surface area contributed by atoms with Crippen LogP contribution in [-0.2, 0) is 24.2 Å². The first-order chi connectivity index (χ1) is 12.4. The molecule has 2 amide bonds. The molecule has 2 N–H and O–H groups in total. The van der Waals surface area contributed by atoms with E-state index in [-0.39, 0.29) is 18.9 Å². The van der Waals surface area contributed by atoms with Gasteiger partial charge in [0.25, 0.3) is 0 Å². The Balaban J connectivity index is 2.14. The molecule has 0 radical (unpaired) electrons. The van der Waals surface area contributed by atoms with Gasteiger partial charge in [0.2, 0.25) is 5.91 Å². The molecule has 0 bridgehead atoms. The maximum atomic E-state index is 12.4. The molecule has 0 unspecified atom stereocenters. The third kappa shape index (κ3) is 5.27. The molecule has 1 aromatic heterocycles. The van der Waals surface area contributed by atoms with E-state index >= 15 is 0 Å². The van der Waals surface area contributed by atoms with Crippen LogP contribution >= 0.6 is 0 Å². The van der Waals surface area contributed by atoms with Crippen molar-refractivity contribution >= 4 is 17.7 Å². The van der Waals surface area contributed by atoms with Gasteiger partial charge in [-0.1, -0.05) is 26.0 Å². The summed E-state index contributed by atoms with van der Waals surface area (Å²) in [6, 6.07) is 5.80. The molecule has 1 heterocycles. The average Bonchev–Trinajstić information content (AvgIpc) is 3.02. The quantitative estimate of drug-likeness (QED) is 0.706. The summed E-state index contributed by atoms with van der Waals surface area (Å²) < 4.78 is 1.56. The smallest absolute Gasteiger partial charge is 0.232 e. The van der Waals surface area contributed by atoms with E-state index in [9.17, 15) is 14.7 Å². The minimum Gasteiger partial charge on any atom is -0.530 e. The number of carbonyl (C=O) groups excluding carboxylic acids is 2. The standard InChI is InChI=1S/C17H24N6O3/c1-4-23-15(20-21-22-23)10-16(24)19-14-9-13(11(2)3)6-5-12(14)7-8-18-17(25)26/h5-6,9,11,18H,4,7-8,10H2,1-3H3,(H,19,24)(H,25,26)/p-1. The molecule has 9 nitrogen and oxygen atoms in total. The van der Waals surface area contributed by atoms with E-state index in [0.29, 0.717) is 30.4 Å². The molecule has 1 aromatic carbocycles. The zero-order chi connectivity index (χ0) is 19.1. The van der Waals surface area contributed by atoms with Crippen molar-refractivity contribution in [2.45, 2.75) is 46.1 Å². The lowest BCUT2D eigenvalue weighted by Gasteiger charge is -2.15. The van der Waals surface area contributed by atoms with Gasteiger partial charge in [0.1, 0.15) is 6.09 Å². The minimum absolute atomic E-state index is 0.0590. The molecule has 0 aliphatic heterocycles. The van der Waals surface area contributed by atoms with Crippen molar-refractivity contribution in [3.05, 3.63) is 35.2 Å². The van der Waals surface area contributed by atoms with Crippen LogP contribution in [0.5, 0.6) is 0 Å². The molecule has 0 saturated carbocycles. The summed E-state index contributed by atoms with van der Waals surface area (Å²) in [4.78, 5) is 22.9. The zero-order valence-corrected chi connectivity index (χ0v) is 15.2. The number of benzene rings is 1. The first-order valence-electron chi connectivity index (χ1n) is 8.53. The Morgan fingerprint density at radius 3 is 2.73 bits per heavy atom. The van der Waals surface area contributed by atoms with Crippen LogP contribution in [0.1, 0.15) is 43.6 Å². The van der Waals surface area contributed by atoms with E-state index in [2.05, 4.69) is 40.0 Å². The number of aromatic nitrogens is 4. The Bertz CT molecular complexity index is 772. The fourth-order valence-corrected chi connectivity index (χ4v) is 2.52. The summed E-state index contributed by atoms with van der Waals surface area (Å²) in [6.07, 6.45) is -0.821. The van der Waals surface area contributed by atoms with Crippen LogP contribution in [0.15, 0.2) is 18.2 Å². The highest BCUT2D eigenvalue weighted by Crippen LogP contribution is 2.23. The first kappa shape index (κ1) is 19.4. The monoisotopic (exact) mass is 359 g/mol. The summed E-state index contributed by atoms with van der Waals surface area (Å²) in [6.45, 7) is 6.81. The number of carboxylic acid groups (broad SMARTS) is 1. The Morgan fingerprint density at radius 2 is 2.08 bits per heavy atom. The summed E-state index contributed by atoms with van der Waals surface area (Å²) in [5.74, 6) is 0.558. The van der Waals surface area contributed by atoms with Crippen molar-refractivity contribution in [2.24, 2.45) is 0 Å². The molecule has 0 aliphatic rings. The van der Waals surface area contributed by atoms with Gasteiger partial charge in [-0.05, 0) is 46.9 Å². The van der Waals surface area contributed by atoms with Gasteiger partial charge in [0.15, 0.2) is 5.82 Å². The molecule has 2 rings (SSSR count). The highest BCUT2D eigenvalue weighted by atomic mass is 16.4. The third-order valence-corrected chi connectivity index (χ3v) is 3.96. The van der Waals surface area contributed by atoms with Crippen molar-refractivity contribution in [1.29, 1.82) is 0 Å². The normalized spacial score (nSPS) is 10.8. The average molecular weight is 359 g/mol. The zero-order valence-electron chi connectivity index (χ0n) is 15.2. The Labute approximate surface area is 151 Å². The maximum absolute atomic E-state index is 12.4. The molecular weight excluding hydrogens is 336 g/mol. The van der Waals surface area contributed by atoms with E-state index in [1.807, 2.05) is 25.1 Å². The number of hydrogen-bond donors (Lipinski definition) is 2. The molecule has 0 spiro atoms. The number of hydrogen-bond acceptors (Lipinski definition) is 6. The molecule has 2 aromatic rings. The second-order valence-corrected chi connectivity index (χ2v) is 6.17. The van der Waals surface area contributed by atoms with Crippen LogP contribution in [0.2, 0.25) is 0 Å². The molecular formula is C17H23N6O3-. The third-order valence-electron chi connectivity index (χ3n) is 3.96. The lowest BCUT2D eigenvalue weighted by molar-refractivity contribution is -0.250. The molecule has 26 heavy (non-hydrogen) atoms. The predicted octanol–water partition coefficient (Wildman–Crippen LogP) is 0.473. The van der Waals surface area contributed by atoms with Gasteiger partial charge in [0.05, 0.1) is 6.42 Å². The van der Waals surface area contributed by atoms with E-state index in [0.717, 1.165) is 11.1 Å². The van der Waals surface area contributed by atoms with Gasteiger partial charge in [-0.3, -0.25) is 4.79 Å². The van der Waals surface area contributed by atoms with Gasteiger partial charge in [0, 0.05) is 18.8 Å². The van der Waals surface area contributed by atoms with Gasteiger partial charge in [-0.2, -0.15) is 0 Å². The van der Waals surface area contributed by atoms with Crippen molar-refractivity contribution < 1.29 is 14.7 Å². The van der Waals surface area contributed by atoms with Crippen LogP contribution in [-0.4, -0.2) is 38.8 Å². The minimum atomic E-state index is -1.32. The number of carbonyl (C=O) groups is 2. The Hall–Kier alpha value is -2.97. The summed E-state index contributed by atoms with van der Waals surface area (Å²) in [5.41, 5.74) is 2.58. The number of rotatable bonds is 8. The maximum Gasteiger partial charge on any atom is 0.232 e. The second kappa shape index (κ2) is 8.93. The highest BCUT2D eigenvalue weighted by molar-refractivity contribution is 5.92. The van der Waals surface area contributed by atoms with Gasteiger partial charge >= 0.3 is 0 Å². The largest absolute Gasteiger partial charge is 0.530 e. The SMILES string of the molecule is CCn1nnnc1CC(=O)Nc1cc(C(C)C)ccc1CCNC(=O)[O-]. The molecule has 0 saturated heterocycles. The summed E-state index contributed by atoms with van der Waals surface area (Å²) in [7, 11) is 0. The number of nitrogens with one attached hydrogen (secondary N) is 2. The van der Waals surface area contributed by atoms with E-state index in [4.69, 9.17) is 0 Å². The molecule has 0 aliphatic carbocycles. The molecule has 0 fully saturated rings. The Morgan fingerprint density at radius 1 is 1.31 bits per heavy atom. The number of aryl methyl sites for hydroxylation is 1. The Kier molecular flexibility index (Phi) is 6.65. The summed E-state index contributed by atoms with van der Waals surface area (Å²) >= 11 is 0. The van der Waals surface area contributed by atoms with E-state index < -0.39 is 6.09 Å². The predicted molar refractivity (Wildman–Crippen MR) is 93.5 cm³/mol. The van der Waals surface area contributed by atoms with Crippen molar-refractivity contribution in [3.8, 4) is 0 Å². The fraction of sp³-hybridized carbons (Fsp3) is 0.471. The number of tetrazole rings is 1. The van der Waals surface area contributed by atoms with Crippen molar-refractivity contribution in [1.82, 2.24) is 25.5 Å². The van der Waals surface area contributed by atoms with Gasteiger partial charge in [-0.15, -0.1) is 5.10 Å². The fourth-order valence-electron chi connectivity index (χ4n) is 2.52. The van der Waals surface area contributed by atoms with Gasteiger partial charge < -0.3 is 20.5 Å². The number of amides is 2. The van der Waals surface area contributed by atoms with Crippen molar-refractivity contribution in [3.63, 3.8) is 0 Å². The number of anilines is 1. The van der Waals surface area contributed by atoms with Crippen molar-refractivity contribution in [2.75, 3.05) is 11.9 Å². The number of nitrogens with zero attached hydrogens (tertiary/aromatic N) is 4. The van der Waals surface area contributed by atoms with Crippen LogP contribution in [0, 0.1) is 0 Å². The summed E-state index contributed by atoms with van der Waals surface area (Å²) in [5, 5.41) is 26.9. The highest BCUT2D eigenvalue weighted by Gasteiger charge is 2.13. The van der Waals surface area contributed by atoms with Crippen LogP contribution in [0.3, 0.4) is 0 Å². The lowest BCUT2D eigenvalue weighted by atomic mass is 9.99. The van der Waals surface area contributed by atoms with E-state index in [1.165, 1.54) is 0 Å². The van der Waals surface area contributed by atoms with Crippen LogP contribution in [0.25, 0.3) is 0 Å². The van der Waals surface area contributed by atoms with Gasteiger partial charge in [-0.25, -0.2) is 4.68 Å².